The van der Waals surface area contributed by atoms with Gasteiger partial charge in [-0.15, -0.1) is 0 Å². The number of aryl methyl sites for hydroxylation is 1. The summed E-state index contributed by atoms with van der Waals surface area (Å²) in [5, 5.41) is 0.629. The van der Waals surface area contributed by atoms with Gasteiger partial charge in [0.1, 0.15) is 17.0 Å². The molecular formula is C17H14ClFN2O3. The fraction of sp³-hybridized carbons (Fsp3) is 0.235. The first-order chi connectivity index (χ1) is 11.5. The highest BCUT2D eigenvalue weighted by Gasteiger charge is 2.18. The Morgan fingerprint density at radius 1 is 1.33 bits per heavy atom. The Morgan fingerprint density at radius 3 is 2.75 bits per heavy atom. The zero-order valence-electron chi connectivity index (χ0n) is 13.1. The first kappa shape index (κ1) is 16.4. The molecule has 124 valence electrons. The molecule has 0 radical (unpaired) electrons. The molecule has 2 aromatic heterocycles. The van der Waals surface area contributed by atoms with Crippen LogP contribution < -0.4 is 5.43 Å². The Balaban J connectivity index is 2.39. The van der Waals surface area contributed by atoms with Gasteiger partial charge in [0.2, 0.25) is 5.43 Å². The Kier molecular flexibility index (Phi) is 4.24. The molecule has 0 atom stereocenters. The second-order valence-corrected chi connectivity index (χ2v) is 5.60. The van der Waals surface area contributed by atoms with Crippen molar-refractivity contribution >= 4 is 39.5 Å². The predicted octanol–water partition coefficient (Wildman–Crippen LogP) is 3.54. The van der Waals surface area contributed by atoms with Gasteiger partial charge in [0.05, 0.1) is 22.5 Å². The first-order valence-electron chi connectivity index (χ1n) is 7.46. The van der Waals surface area contributed by atoms with Crippen molar-refractivity contribution in [1.82, 2.24) is 9.55 Å². The van der Waals surface area contributed by atoms with Crippen LogP contribution >= 0.6 is 11.6 Å². The summed E-state index contributed by atoms with van der Waals surface area (Å²) < 4.78 is 20.3. The number of pyridine rings is 2. The van der Waals surface area contributed by atoms with Gasteiger partial charge in [-0.3, -0.25) is 4.79 Å². The van der Waals surface area contributed by atoms with Crippen molar-refractivity contribution in [3.05, 3.63) is 51.0 Å². The number of halogens is 2. The van der Waals surface area contributed by atoms with Crippen LogP contribution in [-0.2, 0) is 11.3 Å². The van der Waals surface area contributed by atoms with Gasteiger partial charge in [-0.05, 0) is 32.0 Å². The number of hydrogen-bond acceptors (Lipinski definition) is 4. The van der Waals surface area contributed by atoms with Crippen LogP contribution in [0.3, 0.4) is 0 Å². The van der Waals surface area contributed by atoms with Crippen LogP contribution in [0.1, 0.15) is 24.2 Å². The summed E-state index contributed by atoms with van der Waals surface area (Å²) in [6.45, 7) is 4.19. The first-order valence-corrected chi connectivity index (χ1v) is 7.84. The molecule has 5 nitrogen and oxygen atoms in total. The second-order valence-electron chi connectivity index (χ2n) is 5.20. The van der Waals surface area contributed by atoms with Crippen LogP contribution in [-0.4, -0.2) is 22.1 Å². The smallest absolute Gasteiger partial charge is 0.343 e. The molecule has 0 saturated carbocycles. The number of rotatable bonds is 3. The molecule has 0 spiro atoms. The molecule has 0 bridgehead atoms. The maximum atomic E-state index is 13.7. The summed E-state index contributed by atoms with van der Waals surface area (Å²) in [4.78, 5) is 29.1. The van der Waals surface area contributed by atoms with Crippen molar-refractivity contribution in [3.63, 3.8) is 0 Å². The fourth-order valence-electron chi connectivity index (χ4n) is 2.56. The Labute approximate surface area is 141 Å². The van der Waals surface area contributed by atoms with Crippen molar-refractivity contribution in [2.24, 2.45) is 0 Å². The summed E-state index contributed by atoms with van der Waals surface area (Å²) in [5.74, 6) is -1.28. The quantitative estimate of drug-likeness (QED) is 0.536. The zero-order valence-corrected chi connectivity index (χ0v) is 13.9. The Hall–Kier alpha value is -2.47. The lowest BCUT2D eigenvalue weighted by Crippen LogP contribution is -2.21. The lowest BCUT2D eigenvalue weighted by Gasteiger charge is -2.11. The lowest BCUT2D eigenvalue weighted by atomic mass is 10.1. The standard InChI is InChI=1S/C17H14ClFN2O3/c1-3-21-8-11(17(23)24-4-2)15(22)10-5-9-6-13(19)12(18)7-14(9)20-16(10)21/h5-8H,3-4H2,1-2H3. The monoisotopic (exact) mass is 348 g/mol. The van der Waals surface area contributed by atoms with Gasteiger partial charge < -0.3 is 9.30 Å². The molecule has 0 aliphatic rings. The van der Waals surface area contributed by atoms with E-state index in [1.807, 2.05) is 6.92 Å². The predicted molar refractivity (Wildman–Crippen MR) is 90.1 cm³/mol. The largest absolute Gasteiger partial charge is 0.462 e. The van der Waals surface area contributed by atoms with E-state index >= 15 is 0 Å². The van der Waals surface area contributed by atoms with E-state index in [-0.39, 0.29) is 22.6 Å². The van der Waals surface area contributed by atoms with Crippen LogP contribution in [0.5, 0.6) is 0 Å². The van der Waals surface area contributed by atoms with Crippen molar-refractivity contribution in [2.45, 2.75) is 20.4 Å². The maximum Gasteiger partial charge on any atom is 0.343 e. The minimum absolute atomic E-state index is 0.0390. The van der Waals surface area contributed by atoms with Gasteiger partial charge in [-0.2, -0.15) is 0 Å². The molecule has 0 fully saturated rings. The fourth-order valence-corrected chi connectivity index (χ4v) is 2.72. The molecule has 3 aromatic rings. The molecule has 24 heavy (non-hydrogen) atoms. The van der Waals surface area contributed by atoms with Crippen molar-refractivity contribution in [3.8, 4) is 0 Å². The zero-order chi connectivity index (χ0) is 17.4. The number of esters is 1. The average molecular weight is 349 g/mol. The molecule has 0 saturated heterocycles. The molecule has 2 heterocycles. The topological polar surface area (TPSA) is 61.2 Å². The highest BCUT2D eigenvalue weighted by molar-refractivity contribution is 6.31. The lowest BCUT2D eigenvalue weighted by molar-refractivity contribution is 0.0524. The number of ether oxygens (including phenoxy) is 1. The van der Waals surface area contributed by atoms with Gasteiger partial charge in [-0.25, -0.2) is 14.2 Å². The average Bonchev–Trinajstić information content (AvgIpc) is 2.55. The minimum atomic E-state index is -0.686. The normalized spacial score (nSPS) is 11.2. The number of hydrogen-bond donors (Lipinski definition) is 0. The molecule has 7 heteroatoms. The molecule has 3 rings (SSSR count). The highest BCUT2D eigenvalue weighted by Crippen LogP contribution is 2.24. The summed E-state index contributed by atoms with van der Waals surface area (Å²) in [5.41, 5.74) is 0.324. The van der Waals surface area contributed by atoms with Gasteiger partial charge in [0, 0.05) is 18.1 Å². The van der Waals surface area contributed by atoms with Crippen LogP contribution in [0.25, 0.3) is 21.9 Å². The van der Waals surface area contributed by atoms with E-state index < -0.39 is 17.2 Å². The van der Waals surface area contributed by atoms with Crippen molar-refractivity contribution in [1.29, 1.82) is 0 Å². The molecule has 0 N–H and O–H groups in total. The number of aromatic nitrogens is 2. The molecule has 0 amide bonds. The highest BCUT2D eigenvalue weighted by atomic mass is 35.5. The minimum Gasteiger partial charge on any atom is -0.462 e. The third-order valence-electron chi connectivity index (χ3n) is 3.72. The summed E-state index contributed by atoms with van der Waals surface area (Å²) >= 11 is 5.80. The second kappa shape index (κ2) is 6.20. The van der Waals surface area contributed by atoms with E-state index in [2.05, 4.69) is 4.98 Å². The Bertz CT molecular complexity index is 1030. The summed E-state index contributed by atoms with van der Waals surface area (Å²) in [6.07, 6.45) is 1.44. The van der Waals surface area contributed by atoms with Crippen molar-refractivity contribution in [2.75, 3.05) is 6.61 Å². The van der Waals surface area contributed by atoms with E-state index in [4.69, 9.17) is 16.3 Å². The van der Waals surface area contributed by atoms with E-state index in [1.165, 1.54) is 24.4 Å². The van der Waals surface area contributed by atoms with Gasteiger partial charge in [-0.1, -0.05) is 11.6 Å². The van der Waals surface area contributed by atoms with E-state index in [0.29, 0.717) is 23.1 Å². The van der Waals surface area contributed by atoms with Crippen molar-refractivity contribution < 1.29 is 13.9 Å². The van der Waals surface area contributed by atoms with Crippen LogP contribution in [0.15, 0.2) is 29.2 Å². The molecular weight excluding hydrogens is 335 g/mol. The summed E-state index contributed by atoms with van der Waals surface area (Å²) in [7, 11) is 0. The SMILES string of the molecule is CCOC(=O)c1cn(CC)c2nc3cc(Cl)c(F)cc3cc2c1=O. The molecule has 0 unspecified atom stereocenters. The van der Waals surface area contributed by atoms with Gasteiger partial charge in [0.25, 0.3) is 0 Å². The summed E-state index contributed by atoms with van der Waals surface area (Å²) in [6, 6.07) is 4.15. The number of carbonyl (C=O) groups excluding carboxylic acids is 1. The van der Waals surface area contributed by atoms with Gasteiger partial charge in [0.15, 0.2) is 0 Å². The van der Waals surface area contributed by atoms with Crippen LogP contribution in [0, 0.1) is 5.82 Å². The number of benzene rings is 1. The van der Waals surface area contributed by atoms with Crippen LogP contribution in [0.2, 0.25) is 5.02 Å². The third kappa shape index (κ3) is 2.63. The van der Waals surface area contributed by atoms with E-state index in [1.54, 1.807) is 11.5 Å². The van der Waals surface area contributed by atoms with Gasteiger partial charge >= 0.3 is 5.97 Å². The number of carbonyl (C=O) groups is 1. The number of fused-ring (bicyclic) bond motifs is 2. The molecule has 1 aromatic carbocycles. The molecule has 0 aliphatic carbocycles. The van der Waals surface area contributed by atoms with Crippen LogP contribution in [0.4, 0.5) is 4.39 Å². The Morgan fingerprint density at radius 2 is 2.08 bits per heavy atom. The van der Waals surface area contributed by atoms with E-state index in [9.17, 15) is 14.0 Å². The number of nitrogens with zero attached hydrogens (tertiary/aromatic N) is 2. The molecule has 0 aliphatic heterocycles. The van der Waals surface area contributed by atoms with E-state index in [0.717, 1.165) is 0 Å². The third-order valence-corrected chi connectivity index (χ3v) is 4.01. The maximum absolute atomic E-state index is 13.7.